The molecule has 0 saturated heterocycles. The number of hydrogen-bond acceptors (Lipinski definition) is 0. The molecule has 80 valence electrons. The van der Waals surface area contributed by atoms with Crippen LogP contribution in [0.5, 0.6) is 0 Å². The van der Waals surface area contributed by atoms with E-state index in [1.165, 1.54) is 12.2 Å². The van der Waals surface area contributed by atoms with Crippen molar-refractivity contribution in [1.82, 2.24) is 0 Å². The molecule has 14 heavy (non-hydrogen) atoms. The van der Waals surface area contributed by atoms with Gasteiger partial charge in [-0.2, -0.15) is 0 Å². The van der Waals surface area contributed by atoms with Crippen molar-refractivity contribution >= 4 is 14.3 Å². The van der Waals surface area contributed by atoms with Crippen LogP contribution in [0.3, 0.4) is 0 Å². The molecule has 0 radical (unpaired) electrons. The van der Waals surface area contributed by atoms with Crippen molar-refractivity contribution in [3.8, 4) is 0 Å². The molecule has 0 aliphatic heterocycles. The van der Waals surface area contributed by atoms with Gasteiger partial charge in [-0.1, -0.05) is 0 Å². The van der Waals surface area contributed by atoms with Crippen molar-refractivity contribution in [2.45, 2.75) is 14.8 Å². The molecule has 0 aromatic heterocycles. The van der Waals surface area contributed by atoms with E-state index in [0.29, 0.717) is 0 Å². The Hall–Kier alpha value is -0.397. The standard InChI is InChI=1S/C7H6F6Ge/c8-6(9,10)14(7(11,12)13)5-3-1-2-4-5/h1-5,14H. The van der Waals surface area contributed by atoms with E-state index in [2.05, 4.69) is 0 Å². The van der Waals surface area contributed by atoms with Crippen LogP contribution in [0.15, 0.2) is 24.3 Å². The molecule has 7 heteroatoms. The van der Waals surface area contributed by atoms with Crippen molar-refractivity contribution in [3.05, 3.63) is 24.3 Å². The molecule has 0 unspecified atom stereocenters. The second-order valence-corrected chi connectivity index (χ2v) is 9.27. The predicted octanol–water partition coefficient (Wildman–Crippen LogP) is 2.91. The number of alkyl halides is 6. The summed E-state index contributed by atoms with van der Waals surface area (Å²) in [7, 11) is 0. The van der Waals surface area contributed by atoms with Gasteiger partial charge in [-0.15, -0.1) is 0 Å². The van der Waals surface area contributed by atoms with Crippen LogP contribution in [0.25, 0.3) is 0 Å². The van der Waals surface area contributed by atoms with Gasteiger partial charge in [0.2, 0.25) is 0 Å². The normalized spacial score (nSPS) is 18.5. The quantitative estimate of drug-likeness (QED) is 0.510. The molecular weight excluding hydrogens is 271 g/mol. The Morgan fingerprint density at radius 2 is 1.14 bits per heavy atom. The van der Waals surface area contributed by atoms with Crippen molar-refractivity contribution in [3.63, 3.8) is 0 Å². The first-order valence-corrected chi connectivity index (χ1v) is 7.53. The molecule has 0 amide bonds. The van der Waals surface area contributed by atoms with Gasteiger partial charge in [-0.25, -0.2) is 0 Å². The van der Waals surface area contributed by atoms with E-state index in [4.69, 9.17) is 0 Å². The summed E-state index contributed by atoms with van der Waals surface area (Å²) in [4.78, 5) is 0. The summed E-state index contributed by atoms with van der Waals surface area (Å²) < 4.78 is 71.5. The molecule has 1 rings (SSSR count). The van der Waals surface area contributed by atoms with Gasteiger partial charge in [0.1, 0.15) is 0 Å². The Labute approximate surface area is 80.4 Å². The van der Waals surface area contributed by atoms with Crippen molar-refractivity contribution < 1.29 is 26.3 Å². The van der Waals surface area contributed by atoms with Crippen LogP contribution in [0.4, 0.5) is 26.3 Å². The fraction of sp³-hybridized carbons (Fsp3) is 0.429. The molecule has 0 atom stereocenters. The van der Waals surface area contributed by atoms with Gasteiger partial charge >= 0.3 is 79.8 Å². The number of allylic oxidation sites excluding steroid dienone is 4. The molecule has 0 aromatic carbocycles. The second-order valence-electron chi connectivity index (χ2n) is 2.91. The van der Waals surface area contributed by atoms with Crippen molar-refractivity contribution in [2.24, 2.45) is 0 Å². The van der Waals surface area contributed by atoms with Gasteiger partial charge in [-0.3, -0.25) is 0 Å². The number of rotatable bonds is 1. The Bertz CT molecular complexity index is 234. The first kappa shape index (κ1) is 11.7. The van der Waals surface area contributed by atoms with E-state index >= 15 is 0 Å². The van der Waals surface area contributed by atoms with Crippen molar-refractivity contribution in [2.75, 3.05) is 0 Å². The average molecular weight is 277 g/mol. The van der Waals surface area contributed by atoms with Crippen LogP contribution < -0.4 is 0 Å². The maximum atomic E-state index is 12.2. The minimum absolute atomic E-state index is 0.978. The van der Waals surface area contributed by atoms with Crippen LogP contribution in [-0.4, -0.2) is 24.4 Å². The summed E-state index contributed by atoms with van der Waals surface area (Å²) in [6, 6.07) is 0. The molecule has 0 aromatic rings. The first-order valence-electron chi connectivity index (χ1n) is 3.71. The summed E-state index contributed by atoms with van der Waals surface area (Å²) >= 11 is -5.37. The average Bonchev–Trinajstić information content (AvgIpc) is 2.31. The Morgan fingerprint density at radius 3 is 1.43 bits per heavy atom. The molecule has 0 heterocycles. The second kappa shape index (κ2) is 3.64. The van der Waals surface area contributed by atoms with E-state index in [1.807, 2.05) is 0 Å². The third-order valence-corrected chi connectivity index (χ3v) is 7.38. The summed E-state index contributed by atoms with van der Waals surface area (Å²) in [5, 5.41) is -10.1. The maximum absolute atomic E-state index is 12.2. The molecule has 0 nitrogen and oxygen atoms in total. The van der Waals surface area contributed by atoms with Gasteiger partial charge in [0.25, 0.3) is 0 Å². The monoisotopic (exact) mass is 278 g/mol. The van der Waals surface area contributed by atoms with Gasteiger partial charge < -0.3 is 0 Å². The van der Waals surface area contributed by atoms with Crippen LogP contribution in [0.1, 0.15) is 0 Å². The van der Waals surface area contributed by atoms with E-state index in [1.54, 1.807) is 0 Å². The van der Waals surface area contributed by atoms with Gasteiger partial charge in [0.15, 0.2) is 0 Å². The molecule has 0 spiro atoms. The van der Waals surface area contributed by atoms with Gasteiger partial charge in [0, 0.05) is 0 Å². The predicted molar refractivity (Wildman–Crippen MR) is 41.3 cm³/mol. The van der Waals surface area contributed by atoms with Crippen LogP contribution in [0, 0.1) is 0 Å². The fourth-order valence-corrected chi connectivity index (χ4v) is 5.37. The Balaban J connectivity index is 2.94. The number of hydrogen-bond donors (Lipinski definition) is 0. The minimum atomic E-state index is -5.37. The molecule has 1 aliphatic carbocycles. The van der Waals surface area contributed by atoms with Crippen LogP contribution in [-0.2, 0) is 0 Å². The van der Waals surface area contributed by atoms with Crippen molar-refractivity contribution in [1.29, 1.82) is 0 Å². The Morgan fingerprint density at radius 1 is 0.786 bits per heavy atom. The SMILES string of the molecule is F[C](F)(F)[GeH]([CH]1C=CC=C1)[C](F)(F)F. The van der Waals surface area contributed by atoms with E-state index in [9.17, 15) is 26.3 Å². The van der Waals surface area contributed by atoms with E-state index in [-0.39, 0.29) is 0 Å². The van der Waals surface area contributed by atoms with E-state index in [0.717, 1.165) is 12.2 Å². The first-order chi connectivity index (χ1) is 6.23. The molecule has 0 saturated carbocycles. The zero-order valence-corrected chi connectivity index (χ0v) is 9.15. The fourth-order valence-electron chi connectivity index (χ4n) is 1.29. The molecular formula is C7H6F6Ge. The molecule has 0 bridgehead atoms. The number of halogens is 6. The third-order valence-electron chi connectivity index (χ3n) is 1.87. The third kappa shape index (κ3) is 2.55. The van der Waals surface area contributed by atoms with Crippen LogP contribution >= 0.6 is 0 Å². The van der Waals surface area contributed by atoms with Gasteiger partial charge in [-0.05, 0) is 0 Å². The topological polar surface area (TPSA) is 0 Å². The summed E-state index contributed by atoms with van der Waals surface area (Å²) in [6.45, 7) is 0. The molecule has 0 fully saturated rings. The van der Waals surface area contributed by atoms with E-state index < -0.39 is 29.1 Å². The molecule has 1 aliphatic rings. The zero-order valence-electron chi connectivity index (χ0n) is 6.73. The van der Waals surface area contributed by atoms with Gasteiger partial charge in [0.05, 0.1) is 0 Å². The summed E-state index contributed by atoms with van der Waals surface area (Å²) in [6.07, 6.45) is 4.40. The zero-order chi connectivity index (χ0) is 11.0. The Kier molecular flexibility index (Phi) is 3.03. The molecule has 0 N–H and O–H groups in total. The summed E-state index contributed by atoms with van der Waals surface area (Å²) in [5.41, 5.74) is 0. The summed E-state index contributed by atoms with van der Waals surface area (Å²) in [5.74, 6) is 0. The van der Waals surface area contributed by atoms with Crippen LogP contribution in [0.2, 0.25) is 4.75 Å².